The van der Waals surface area contributed by atoms with Crippen molar-refractivity contribution in [2.75, 3.05) is 13.1 Å². The van der Waals surface area contributed by atoms with Gasteiger partial charge >= 0.3 is 0 Å². The van der Waals surface area contributed by atoms with Crippen molar-refractivity contribution >= 4 is 16.8 Å². The number of nitrogens with zero attached hydrogens (tertiary/aromatic N) is 1. The van der Waals surface area contributed by atoms with Crippen LogP contribution in [0, 0.1) is 0 Å². The highest BCUT2D eigenvalue weighted by atomic mass is 16.2. The van der Waals surface area contributed by atoms with E-state index in [-0.39, 0.29) is 11.9 Å². The fourth-order valence-corrected chi connectivity index (χ4v) is 2.70. The van der Waals surface area contributed by atoms with Crippen molar-refractivity contribution in [1.29, 1.82) is 0 Å². The molecule has 1 aliphatic heterocycles. The van der Waals surface area contributed by atoms with E-state index in [1.807, 2.05) is 35.4 Å². The number of carbonyl (C=O) groups is 1. The third-order valence-electron chi connectivity index (χ3n) is 3.71. The monoisotopic (exact) mass is 243 g/mol. The summed E-state index contributed by atoms with van der Waals surface area (Å²) >= 11 is 0. The number of hydrogen-bond donors (Lipinski definition) is 2. The number of H-pyrrole nitrogens is 1. The normalized spacial score (nSPS) is 19.6. The second-order valence-corrected chi connectivity index (χ2v) is 4.81. The van der Waals surface area contributed by atoms with Crippen LogP contribution < -0.4 is 5.73 Å². The zero-order chi connectivity index (χ0) is 12.5. The molecule has 1 fully saturated rings. The summed E-state index contributed by atoms with van der Waals surface area (Å²) < 4.78 is 0. The molecule has 4 nitrogen and oxygen atoms in total. The van der Waals surface area contributed by atoms with Gasteiger partial charge in [0.05, 0.1) is 0 Å². The maximum atomic E-state index is 12.4. The Bertz CT molecular complexity index is 575. The molecule has 0 spiro atoms. The maximum absolute atomic E-state index is 12.4. The van der Waals surface area contributed by atoms with Crippen LogP contribution in [-0.2, 0) is 0 Å². The number of likely N-dealkylation sites (tertiary alicyclic amines) is 1. The third kappa shape index (κ3) is 1.78. The lowest BCUT2D eigenvalue weighted by atomic mass is 10.1. The van der Waals surface area contributed by atoms with Crippen LogP contribution in [0.4, 0.5) is 0 Å². The van der Waals surface area contributed by atoms with E-state index in [1.54, 1.807) is 0 Å². The number of hydrogen-bond acceptors (Lipinski definition) is 2. The second-order valence-electron chi connectivity index (χ2n) is 4.81. The fraction of sp³-hybridized carbons (Fsp3) is 0.357. The van der Waals surface area contributed by atoms with Gasteiger partial charge in [0.25, 0.3) is 5.91 Å². The number of rotatable bonds is 2. The van der Waals surface area contributed by atoms with Gasteiger partial charge in [-0.15, -0.1) is 0 Å². The van der Waals surface area contributed by atoms with Gasteiger partial charge in [0.2, 0.25) is 0 Å². The summed E-state index contributed by atoms with van der Waals surface area (Å²) in [5.74, 6) is 0.103. The van der Waals surface area contributed by atoms with Gasteiger partial charge in [-0.1, -0.05) is 0 Å². The molecule has 0 saturated carbocycles. The highest BCUT2D eigenvalue weighted by molar-refractivity contribution is 5.98. The Kier molecular flexibility index (Phi) is 2.80. The molecule has 1 unspecified atom stereocenters. The molecule has 1 aromatic carbocycles. The lowest BCUT2D eigenvalue weighted by Gasteiger charge is -2.23. The predicted molar refractivity (Wildman–Crippen MR) is 71.4 cm³/mol. The van der Waals surface area contributed by atoms with Crippen LogP contribution >= 0.6 is 0 Å². The minimum Gasteiger partial charge on any atom is -0.361 e. The molecule has 3 rings (SSSR count). The Hall–Kier alpha value is -1.81. The van der Waals surface area contributed by atoms with E-state index in [2.05, 4.69) is 4.98 Å². The molecule has 1 amide bonds. The number of aromatic amines is 1. The van der Waals surface area contributed by atoms with Crippen LogP contribution in [0.25, 0.3) is 10.9 Å². The molecule has 4 heteroatoms. The van der Waals surface area contributed by atoms with Gasteiger partial charge < -0.3 is 15.6 Å². The molecule has 94 valence electrons. The predicted octanol–water partition coefficient (Wildman–Crippen LogP) is 1.73. The lowest BCUT2D eigenvalue weighted by Crippen LogP contribution is -2.39. The average molecular weight is 243 g/mol. The molecule has 2 heterocycles. The summed E-state index contributed by atoms with van der Waals surface area (Å²) in [6.45, 7) is 1.38. The molecule has 1 atom stereocenters. The number of aromatic nitrogens is 1. The summed E-state index contributed by atoms with van der Waals surface area (Å²) in [6.07, 6.45) is 3.96. The highest BCUT2D eigenvalue weighted by Gasteiger charge is 2.28. The zero-order valence-corrected chi connectivity index (χ0v) is 10.2. The first kappa shape index (κ1) is 11.3. The van der Waals surface area contributed by atoms with E-state index < -0.39 is 0 Å². The van der Waals surface area contributed by atoms with Crippen molar-refractivity contribution in [3.8, 4) is 0 Å². The number of carbonyl (C=O) groups excluding carboxylic acids is 1. The molecular weight excluding hydrogens is 226 g/mol. The number of fused-ring (bicyclic) bond motifs is 1. The molecule has 18 heavy (non-hydrogen) atoms. The Labute approximate surface area is 106 Å². The first-order valence-electron chi connectivity index (χ1n) is 6.38. The van der Waals surface area contributed by atoms with Crippen LogP contribution in [0.1, 0.15) is 23.2 Å². The van der Waals surface area contributed by atoms with Crippen molar-refractivity contribution in [1.82, 2.24) is 9.88 Å². The van der Waals surface area contributed by atoms with Crippen LogP contribution in [-0.4, -0.2) is 34.9 Å². The van der Waals surface area contributed by atoms with Crippen LogP contribution in [0.2, 0.25) is 0 Å². The Morgan fingerprint density at radius 3 is 3.17 bits per heavy atom. The van der Waals surface area contributed by atoms with Crippen molar-refractivity contribution in [3.05, 3.63) is 36.0 Å². The number of amides is 1. The molecular formula is C14H17N3O. The molecule has 0 bridgehead atoms. The molecule has 1 saturated heterocycles. The van der Waals surface area contributed by atoms with Gasteiger partial charge in [-0.05, 0) is 37.1 Å². The average Bonchev–Trinajstić information content (AvgIpc) is 3.05. The van der Waals surface area contributed by atoms with Gasteiger partial charge in [0.15, 0.2) is 0 Å². The summed E-state index contributed by atoms with van der Waals surface area (Å²) in [7, 11) is 0. The third-order valence-corrected chi connectivity index (χ3v) is 3.71. The van der Waals surface area contributed by atoms with Crippen molar-refractivity contribution in [3.63, 3.8) is 0 Å². The number of nitrogens with two attached hydrogens (primary N) is 1. The van der Waals surface area contributed by atoms with Gasteiger partial charge in [0.1, 0.15) is 0 Å². The van der Waals surface area contributed by atoms with E-state index in [9.17, 15) is 4.79 Å². The minimum atomic E-state index is 0.103. The SMILES string of the molecule is NCC1CCCN1C(=O)c1ccc2[nH]ccc2c1. The van der Waals surface area contributed by atoms with Crippen molar-refractivity contribution in [2.45, 2.75) is 18.9 Å². The molecule has 0 aliphatic carbocycles. The number of benzene rings is 1. The van der Waals surface area contributed by atoms with E-state index in [0.717, 1.165) is 35.9 Å². The zero-order valence-electron chi connectivity index (χ0n) is 10.2. The first-order chi connectivity index (χ1) is 8.79. The molecule has 1 aliphatic rings. The first-order valence-corrected chi connectivity index (χ1v) is 6.38. The number of nitrogens with one attached hydrogen (secondary N) is 1. The van der Waals surface area contributed by atoms with E-state index in [0.29, 0.717) is 6.54 Å². The summed E-state index contributed by atoms with van der Waals surface area (Å²) in [4.78, 5) is 17.5. The van der Waals surface area contributed by atoms with E-state index in [1.165, 1.54) is 0 Å². The Morgan fingerprint density at radius 1 is 1.44 bits per heavy atom. The van der Waals surface area contributed by atoms with Crippen molar-refractivity contribution in [2.24, 2.45) is 5.73 Å². The largest absolute Gasteiger partial charge is 0.361 e. The molecule has 1 aromatic heterocycles. The second kappa shape index (κ2) is 4.46. The van der Waals surface area contributed by atoms with Crippen LogP contribution in [0.3, 0.4) is 0 Å². The molecule has 0 radical (unpaired) electrons. The Balaban J connectivity index is 1.91. The van der Waals surface area contributed by atoms with E-state index >= 15 is 0 Å². The summed E-state index contributed by atoms with van der Waals surface area (Å²) in [6, 6.07) is 7.97. The van der Waals surface area contributed by atoms with E-state index in [4.69, 9.17) is 5.73 Å². The quantitative estimate of drug-likeness (QED) is 0.843. The van der Waals surface area contributed by atoms with Gasteiger partial charge in [-0.2, -0.15) is 0 Å². The van der Waals surface area contributed by atoms with Crippen molar-refractivity contribution < 1.29 is 4.79 Å². The van der Waals surface area contributed by atoms with Crippen LogP contribution in [0.15, 0.2) is 30.5 Å². The molecule has 3 N–H and O–H groups in total. The smallest absolute Gasteiger partial charge is 0.254 e. The topological polar surface area (TPSA) is 62.1 Å². The van der Waals surface area contributed by atoms with Gasteiger partial charge in [0, 0.05) is 41.8 Å². The van der Waals surface area contributed by atoms with Crippen LogP contribution in [0.5, 0.6) is 0 Å². The van der Waals surface area contributed by atoms with Gasteiger partial charge in [-0.25, -0.2) is 0 Å². The Morgan fingerprint density at radius 2 is 2.33 bits per heavy atom. The highest BCUT2D eigenvalue weighted by Crippen LogP contribution is 2.21. The lowest BCUT2D eigenvalue weighted by molar-refractivity contribution is 0.0741. The fourth-order valence-electron chi connectivity index (χ4n) is 2.70. The maximum Gasteiger partial charge on any atom is 0.254 e. The molecule has 2 aromatic rings. The summed E-state index contributed by atoms with van der Waals surface area (Å²) in [5.41, 5.74) is 7.53. The standard InChI is InChI=1S/C14H17N3O/c15-9-12-2-1-7-17(12)14(18)11-3-4-13-10(8-11)5-6-16-13/h3-6,8,12,16H,1-2,7,9,15H2. The summed E-state index contributed by atoms with van der Waals surface area (Å²) in [5, 5.41) is 1.07. The minimum absolute atomic E-state index is 0.103. The van der Waals surface area contributed by atoms with Gasteiger partial charge in [-0.3, -0.25) is 4.79 Å².